The second kappa shape index (κ2) is 7.93. The lowest BCUT2D eigenvalue weighted by molar-refractivity contribution is 0.102. The van der Waals surface area contributed by atoms with Gasteiger partial charge in [0.15, 0.2) is 6.29 Å². The fourth-order valence-corrected chi connectivity index (χ4v) is 2.35. The Morgan fingerprint density at radius 1 is 0.880 bits per heavy atom. The van der Waals surface area contributed by atoms with Gasteiger partial charge in [-0.15, -0.1) is 0 Å². The molecule has 0 saturated carbocycles. The Bertz CT molecular complexity index is 858. The fraction of sp³-hybridized carbons (Fsp3) is 0.0476. The molecule has 1 N–H and O–H groups in total. The number of nitrogens with one attached hydrogen (secondary N) is 1. The topological polar surface area (TPSA) is 55.4 Å². The molecule has 1 amide bonds. The van der Waals surface area contributed by atoms with Crippen molar-refractivity contribution in [2.45, 2.75) is 6.61 Å². The lowest BCUT2D eigenvalue weighted by Gasteiger charge is -2.09. The van der Waals surface area contributed by atoms with Crippen LogP contribution in [0.4, 0.5) is 5.69 Å². The van der Waals surface area contributed by atoms with E-state index in [0.717, 1.165) is 17.5 Å². The number of hydrogen-bond acceptors (Lipinski definition) is 3. The first kappa shape index (κ1) is 16.5. The number of anilines is 1. The van der Waals surface area contributed by atoms with Crippen molar-refractivity contribution in [2.75, 3.05) is 5.32 Å². The van der Waals surface area contributed by atoms with E-state index in [2.05, 4.69) is 5.32 Å². The molecule has 0 fully saturated rings. The number of rotatable bonds is 6. The van der Waals surface area contributed by atoms with Gasteiger partial charge in [-0.1, -0.05) is 42.5 Å². The zero-order valence-electron chi connectivity index (χ0n) is 13.5. The van der Waals surface area contributed by atoms with E-state index in [9.17, 15) is 9.59 Å². The molecule has 0 saturated heterocycles. The monoisotopic (exact) mass is 331 g/mol. The van der Waals surface area contributed by atoms with Crippen molar-refractivity contribution in [3.8, 4) is 5.75 Å². The average molecular weight is 331 g/mol. The van der Waals surface area contributed by atoms with Crippen molar-refractivity contribution >= 4 is 17.9 Å². The van der Waals surface area contributed by atoms with Crippen LogP contribution in [0.1, 0.15) is 26.3 Å². The summed E-state index contributed by atoms with van der Waals surface area (Å²) in [6, 6.07) is 23.6. The summed E-state index contributed by atoms with van der Waals surface area (Å²) in [5.41, 5.74) is 2.75. The van der Waals surface area contributed by atoms with Crippen LogP contribution in [0, 0.1) is 0 Å². The standard InChI is InChI=1S/C21H17NO3/c23-14-18-6-4-5-9-20(18)25-15-16-10-12-17(13-11-16)21(24)22-19-7-2-1-3-8-19/h1-14H,15H2,(H,22,24). The Hall–Kier alpha value is -3.40. The van der Waals surface area contributed by atoms with Crippen molar-refractivity contribution in [2.24, 2.45) is 0 Å². The fourth-order valence-electron chi connectivity index (χ4n) is 2.35. The zero-order valence-corrected chi connectivity index (χ0v) is 13.5. The first-order valence-electron chi connectivity index (χ1n) is 7.88. The van der Waals surface area contributed by atoms with E-state index in [4.69, 9.17) is 4.74 Å². The SMILES string of the molecule is O=Cc1ccccc1OCc1ccc(C(=O)Nc2ccccc2)cc1. The molecular formula is C21H17NO3. The predicted molar refractivity (Wildman–Crippen MR) is 97.0 cm³/mol. The number of carbonyl (C=O) groups excluding carboxylic acids is 2. The van der Waals surface area contributed by atoms with Crippen LogP contribution in [0.2, 0.25) is 0 Å². The van der Waals surface area contributed by atoms with Crippen LogP contribution in [-0.2, 0) is 6.61 Å². The van der Waals surface area contributed by atoms with Gasteiger partial charge in [0.2, 0.25) is 0 Å². The molecule has 4 nitrogen and oxygen atoms in total. The molecule has 0 radical (unpaired) electrons. The van der Waals surface area contributed by atoms with Crippen LogP contribution < -0.4 is 10.1 Å². The summed E-state index contributed by atoms with van der Waals surface area (Å²) in [7, 11) is 0. The molecule has 0 aromatic heterocycles. The minimum atomic E-state index is -0.162. The van der Waals surface area contributed by atoms with Crippen LogP contribution >= 0.6 is 0 Å². The third-order valence-corrected chi connectivity index (χ3v) is 3.69. The summed E-state index contributed by atoms with van der Waals surface area (Å²) in [5, 5.41) is 2.84. The number of hydrogen-bond donors (Lipinski definition) is 1. The van der Waals surface area contributed by atoms with Crippen LogP contribution in [0.25, 0.3) is 0 Å². The Morgan fingerprint density at radius 2 is 1.56 bits per heavy atom. The van der Waals surface area contributed by atoms with Crippen molar-refractivity contribution < 1.29 is 14.3 Å². The van der Waals surface area contributed by atoms with Crippen LogP contribution in [0.3, 0.4) is 0 Å². The van der Waals surface area contributed by atoms with E-state index >= 15 is 0 Å². The molecule has 3 aromatic rings. The largest absolute Gasteiger partial charge is 0.488 e. The molecule has 0 bridgehead atoms. The Labute approximate surface area is 146 Å². The molecule has 3 rings (SSSR count). The van der Waals surface area contributed by atoms with Gasteiger partial charge in [-0.25, -0.2) is 0 Å². The summed E-state index contributed by atoms with van der Waals surface area (Å²) >= 11 is 0. The predicted octanol–water partition coefficient (Wildman–Crippen LogP) is 4.33. The van der Waals surface area contributed by atoms with Crippen LogP contribution in [0.5, 0.6) is 5.75 Å². The normalized spacial score (nSPS) is 10.1. The van der Waals surface area contributed by atoms with Gasteiger partial charge >= 0.3 is 0 Å². The quantitative estimate of drug-likeness (QED) is 0.684. The van der Waals surface area contributed by atoms with Gasteiger partial charge in [-0.3, -0.25) is 9.59 Å². The summed E-state index contributed by atoms with van der Waals surface area (Å²) in [6.45, 7) is 0.325. The highest BCUT2D eigenvalue weighted by atomic mass is 16.5. The Morgan fingerprint density at radius 3 is 2.28 bits per heavy atom. The average Bonchev–Trinajstić information content (AvgIpc) is 2.67. The number of carbonyl (C=O) groups is 2. The van der Waals surface area contributed by atoms with E-state index in [-0.39, 0.29) is 5.91 Å². The van der Waals surface area contributed by atoms with Crippen molar-refractivity contribution in [3.63, 3.8) is 0 Å². The second-order valence-electron chi connectivity index (χ2n) is 5.46. The molecule has 25 heavy (non-hydrogen) atoms. The second-order valence-corrected chi connectivity index (χ2v) is 5.46. The molecule has 0 unspecified atom stereocenters. The highest BCUT2D eigenvalue weighted by Crippen LogP contribution is 2.18. The minimum Gasteiger partial charge on any atom is -0.488 e. The maximum atomic E-state index is 12.2. The third-order valence-electron chi connectivity index (χ3n) is 3.69. The number of aldehydes is 1. The van der Waals surface area contributed by atoms with Gasteiger partial charge in [0.05, 0.1) is 5.56 Å². The van der Waals surface area contributed by atoms with Gasteiger partial charge in [0.25, 0.3) is 5.91 Å². The maximum absolute atomic E-state index is 12.2. The van der Waals surface area contributed by atoms with Gasteiger partial charge in [0.1, 0.15) is 12.4 Å². The summed E-state index contributed by atoms with van der Waals surface area (Å²) in [4.78, 5) is 23.2. The number of ether oxygens (including phenoxy) is 1. The summed E-state index contributed by atoms with van der Waals surface area (Å²) < 4.78 is 5.68. The molecule has 0 spiro atoms. The first-order chi connectivity index (χ1) is 12.3. The van der Waals surface area contributed by atoms with Crippen LogP contribution in [0.15, 0.2) is 78.9 Å². The van der Waals surface area contributed by atoms with Crippen molar-refractivity contribution in [1.29, 1.82) is 0 Å². The molecular weight excluding hydrogens is 314 g/mol. The molecule has 3 aromatic carbocycles. The van der Waals surface area contributed by atoms with E-state index in [0.29, 0.717) is 23.5 Å². The molecule has 0 heterocycles. The van der Waals surface area contributed by atoms with Gasteiger partial charge in [-0.2, -0.15) is 0 Å². The number of para-hydroxylation sites is 2. The lowest BCUT2D eigenvalue weighted by Crippen LogP contribution is -2.11. The summed E-state index contributed by atoms with van der Waals surface area (Å²) in [6.07, 6.45) is 0.770. The number of amides is 1. The highest BCUT2D eigenvalue weighted by Gasteiger charge is 2.07. The molecule has 124 valence electrons. The Balaban J connectivity index is 1.62. The molecule has 0 aliphatic heterocycles. The van der Waals surface area contributed by atoms with Crippen molar-refractivity contribution in [3.05, 3.63) is 95.6 Å². The maximum Gasteiger partial charge on any atom is 0.255 e. The van der Waals surface area contributed by atoms with Gasteiger partial charge < -0.3 is 10.1 Å². The minimum absolute atomic E-state index is 0.162. The van der Waals surface area contributed by atoms with Crippen molar-refractivity contribution in [1.82, 2.24) is 0 Å². The van der Waals surface area contributed by atoms with E-state index < -0.39 is 0 Å². The molecule has 0 atom stereocenters. The number of benzene rings is 3. The molecule has 0 aliphatic rings. The molecule has 0 aliphatic carbocycles. The lowest BCUT2D eigenvalue weighted by atomic mass is 10.1. The third kappa shape index (κ3) is 4.32. The van der Waals surface area contributed by atoms with Gasteiger partial charge in [0, 0.05) is 11.3 Å². The van der Waals surface area contributed by atoms with E-state index in [1.165, 1.54) is 0 Å². The Kier molecular flexibility index (Phi) is 5.22. The van der Waals surface area contributed by atoms with E-state index in [1.54, 1.807) is 30.3 Å². The first-order valence-corrected chi connectivity index (χ1v) is 7.88. The van der Waals surface area contributed by atoms with Gasteiger partial charge in [-0.05, 0) is 42.0 Å². The van der Waals surface area contributed by atoms with Crippen LogP contribution in [-0.4, -0.2) is 12.2 Å². The highest BCUT2D eigenvalue weighted by molar-refractivity contribution is 6.04. The smallest absolute Gasteiger partial charge is 0.255 e. The summed E-state index contributed by atoms with van der Waals surface area (Å²) in [5.74, 6) is 0.383. The van der Waals surface area contributed by atoms with E-state index in [1.807, 2.05) is 48.5 Å². The molecule has 4 heteroatoms. The zero-order chi connectivity index (χ0) is 17.5.